The molecule has 0 spiro atoms. The Bertz CT molecular complexity index is 166. The molecule has 0 aromatic carbocycles. The van der Waals surface area contributed by atoms with Crippen LogP contribution in [-0.2, 0) is 0 Å². The lowest BCUT2D eigenvalue weighted by Crippen LogP contribution is -1.75. The summed E-state index contributed by atoms with van der Waals surface area (Å²) in [4.78, 5) is 0. The van der Waals surface area contributed by atoms with Crippen LogP contribution in [-0.4, -0.2) is 0 Å². The molecule has 61 valence electrons. The van der Waals surface area contributed by atoms with E-state index in [1.165, 1.54) is 5.57 Å². The molecule has 0 bridgehead atoms. The smallest absolute Gasteiger partial charge is 0.0285 e. The highest BCUT2D eigenvalue weighted by Gasteiger charge is 1.85. The second-order valence-electron chi connectivity index (χ2n) is 2.84. The summed E-state index contributed by atoms with van der Waals surface area (Å²) < 4.78 is 0. The van der Waals surface area contributed by atoms with Crippen LogP contribution in [0.1, 0.15) is 26.7 Å². The summed E-state index contributed by atoms with van der Waals surface area (Å²) in [6.07, 6.45) is 8.23. The number of rotatable bonds is 4. The molecule has 0 aromatic heterocycles. The van der Waals surface area contributed by atoms with E-state index in [4.69, 9.17) is 0 Å². The first kappa shape index (κ1) is 10.2. The largest absolute Gasteiger partial charge is 0.0991 e. The second kappa shape index (κ2) is 5.96. The highest BCUT2D eigenvalue weighted by Crippen LogP contribution is 2.05. The fourth-order valence-corrected chi connectivity index (χ4v) is 0.831. The van der Waals surface area contributed by atoms with E-state index in [0.29, 0.717) is 0 Å². The molecule has 0 aliphatic carbocycles. The van der Waals surface area contributed by atoms with Gasteiger partial charge in [0.25, 0.3) is 0 Å². The fraction of sp³-hybridized carbons (Fsp3) is 0.364. The lowest BCUT2D eigenvalue weighted by Gasteiger charge is -1.95. The predicted molar refractivity (Wildman–Crippen MR) is 52.3 cm³/mol. The summed E-state index contributed by atoms with van der Waals surface area (Å²) in [5.41, 5.74) is 2.52. The maximum Gasteiger partial charge on any atom is -0.0285 e. The van der Waals surface area contributed by atoms with Crippen molar-refractivity contribution in [2.45, 2.75) is 26.7 Å². The Morgan fingerprint density at radius 2 is 2.00 bits per heavy atom. The number of hydrogen-bond donors (Lipinski definition) is 0. The van der Waals surface area contributed by atoms with Gasteiger partial charge in [0.15, 0.2) is 0 Å². The van der Waals surface area contributed by atoms with E-state index in [1.54, 1.807) is 0 Å². The van der Waals surface area contributed by atoms with Crippen molar-refractivity contribution in [2.24, 2.45) is 0 Å². The highest BCUT2D eigenvalue weighted by molar-refractivity contribution is 5.09. The van der Waals surface area contributed by atoms with Gasteiger partial charge in [-0.25, -0.2) is 0 Å². The van der Waals surface area contributed by atoms with Crippen molar-refractivity contribution in [3.63, 3.8) is 0 Å². The van der Waals surface area contributed by atoms with E-state index in [1.807, 2.05) is 19.1 Å². The zero-order valence-corrected chi connectivity index (χ0v) is 7.56. The third-order valence-corrected chi connectivity index (χ3v) is 1.43. The van der Waals surface area contributed by atoms with Crippen LogP contribution in [0.3, 0.4) is 0 Å². The maximum atomic E-state index is 3.80. The average Bonchev–Trinajstić information content (AvgIpc) is 1.87. The zero-order valence-electron chi connectivity index (χ0n) is 7.56. The molecular weight excluding hydrogens is 132 g/mol. The lowest BCUT2D eigenvalue weighted by atomic mass is 10.1. The zero-order chi connectivity index (χ0) is 8.69. The van der Waals surface area contributed by atoms with Crippen molar-refractivity contribution < 1.29 is 0 Å². The minimum atomic E-state index is 1.09. The summed E-state index contributed by atoms with van der Waals surface area (Å²) in [6.45, 7) is 11.6. The quantitative estimate of drug-likeness (QED) is 0.535. The van der Waals surface area contributed by atoms with Crippen LogP contribution >= 0.6 is 0 Å². The van der Waals surface area contributed by atoms with Crippen molar-refractivity contribution in [3.05, 3.63) is 42.9 Å². The molecule has 0 fully saturated rings. The summed E-state index contributed by atoms with van der Waals surface area (Å²) in [5, 5.41) is 0. The van der Waals surface area contributed by atoms with Crippen molar-refractivity contribution >= 4 is 0 Å². The SMILES string of the molecule is [CH2]/C(C)=C\CC/C(C)=C/C=C. The molecule has 0 aromatic rings. The molecule has 0 nitrogen and oxygen atoms in total. The van der Waals surface area contributed by atoms with Gasteiger partial charge in [-0.1, -0.05) is 36.0 Å². The van der Waals surface area contributed by atoms with Crippen LogP contribution in [0.5, 0.6) is 0 Å². The lowest BCUT2D eigenvalue weighted by molar-refractivity contribution is 0.971. The molecule has 0 heteroatoms. The van der Waals surface area contributed by atoms with Crippen molar-refractivity contribution in [1.82, 2.24) is 0 Å². The molecule has 0 atom stereocenters. The molecule has 0 N–H and O–H groups in total. The Hall–Kier alpha value is -0.780. The molecule has 0 rings (SSSR count). The van der Waals surface area contributed by atoms with Crippen molar-refractivity contribution in [1.29, 1.82) is 0 Å². The van der Waals surface area contributed by atoms with Gasteiger partial charge in [-0.2, -0.15) is 0 Å². The van der Waals surface area contributed by atoms with Gasteiger partial charge >= 0.3 is 0 Å². The molecule has 0 unspecified atom stereocenters. The maximum absolute atomic E-state index is 3.80. The third kappa shape index (κ3) is 7.11. The molecule has 11 heavy (non-hydrogen) atoms. The van der Waals surface area contributed by atoms with Crippen molar-refractivity contribution in [2.75, 3.05) is 0 Å². The Morgan fingerprint density at radius 1 is 1.36 bits per heavy atom. The van der Waals surface area contributed by atoms with Crippen LogP contribution in [0.2, 0.25) is 0 Å². The average molecular weight is 149 g/mol. The molecule has 0 saturated carbocycles. The van der Waals surface area contributed by atoms with Gasteiger partial charge in [0, 0.05) is 0 Å². The van der Waals surface area contributed by atoms with Crippen LogP contribution in [0, 0.1) is 6.92 Å². The molecule has 1 radical (unpaired) electrons. The van der Waals surface area contributed by atoms with Gasteiger partial charge in [0.05, 0.1) is 0 Å². The van der Waals surface area contributed by atoms with E-state index in [0.717, 1.165) is 18.4 Å². The van der Waals surface area contributed by atoms with Crippen molar-refractivity contribution in [3.8, 4) is 0 Å². The summed E-state index contributed by atoms with van der Waals surface area (Å²) in [5.74, 6) is 0. The Labute approximate surface area is 70.3 Å². The minimum Gasteiger partial charge on any atom is -0.0991 e. The predicted octanol–water partition coefficient (Wildman–Crippen LogP) is 3.68. The highest BCUT2D eigenvalue weighted by atomic mass is 13.9. The van der Waals surface area contributed by atoms with E-state index < -0.39 is 0 Å². The van der Waals surface area contributed by atoms with Crippen LogP contribution in [0.25, 0.3) is 0 Å². The Kier molecular flexibility index (Phi) is 5.54. The number of allylic oxidation sites excluding steroid dienone is 5. The van der Waals surface area contributed by atoms with Gasteiger partial charge < -0.3 is 0 Å². The third-order valence-electron chi connectivity index (χ3n) is 1.43. The van der Waals surface area contributed by atoms with Crippen LogP contribution in [0.4, 0.5) is 0 Å². The summed E-state index contributed by atoms with van der Waals surface area (Å²) >= 11 is 0. The van der Waals surface area contributed by atoms with Gasteiger partial charge in [-0.15, -0.1) is 0 Å². The van der Waals surface area contributed by atoms with Gasteiger partial charge in [-0.05, 0) is 33.6 Å². The Balaban J connectivity index is 3.63. The molecule has 0 saturated heterocycles. The van der Waals surface area contributed by atoms with Gasteiger partial charge in [0.1, 0.15) is 0 Å². The first-order chi connectivity index (χ1) is 5.16. The van der Waals surface area contributed by atoms with Crippen LogP contribution in [0.15, 0.2) is 36.0 Å². The molecule has 0 aliphatic heterocycles. The van der Waals surface area contributed by atoms with E-state index in [9.17, 15) is 0 Å². The Morgan fingerprint density at radius 3 is 2.45 bits per heavy atom. The molecule has 0 amide bonds. The second-order valence-corrected chi connectivity index (χ2v) is 2.84. The first-order valence-electron chi connectivity index (χ1n) is 3.93. The topological polar surface area (TPSA) is 0 Å². The van der Waals surface area contributed by atoms with E-state index in [-0.39, 0.29) is 0 Å². The fourth-order valence-electron chi connectivity index (χ4n) is 0.831. The normalized spacial score (nSPS) is 13.4. The molecule has 0 heterocycles. The van der Waals surface area contributed by atoms with E-state index in [2.05, 4.69) is 26.5 Å². The minimum absolute atomic E-state index is 1.09. The summed E-state index contributed by atoms with van der Waals surface area (Å²) in [6, 6.07) is 0. The number of hydrogen-bond acceptors (Lipinski definition) is 0. The first-order valence-corrected chi connectivity index (χ1v) is 3.93. The van der Waals surface area contributed by atoms with Crippen LogP contribution < -0.4 is 0 Å². The van der Waals surface area contributed by atoms with Gasteiger partial charge in [0.2, 0.25) is 0 Å². The summed E-state index contributed by atoms with van der Waals surface area (Å²) in [7, 11) is 0. The molecule has 0 aliphatic rings. The van der Waals surface area contributed by atoms with Gasteiger partial charge in [-0.3, -0.25) is 0 Å². The van der Waals surface area contributed by atoms with E-state index >= 15 is 0 Å². The standard InChI is InChI=1S/C11H17/c1-5-7-11(4)9-6-8-10(2)3/h5,7-8H,1-2,6,9H2,3-4H3/b10-8+,11-7+. The monoisotopic (exact) mass is 149 g/mol. The molecular formula is C11H17.